The lowest BCUT2D eigenvalue weighted by atomic mass is 10.1. The lowest BCUT2D eigenvalue weighted by molar-refractivity contribution is -0.124. The largest absolute Gasteiger partial charge is 0.375 e. The Bertz CT molecular complexity index is 217. The van der Waals surface area contributed by atoms with E-state index in [-0.39, 0.29) is 11.8 Å². The molecule has 0 rings (SSSR count). The van der Waals surface area contributed by atoms with Gasteiger partial charge in [-0.1, -0.05) is 19.1 Å². The van der Waals surface area contributed by atoms with E-state index in [0.29, 0.717) is 26.3 Å². The summed E-state index contributed by atoms with van der Waals surface area (Å²) in [6.07, 6.45) is 1.73. The van der Waals surface area contributed by atoms with Crippen LogP contribution in [0.1, 0.15) is 26.7 Å². The fourth-order valence-corrected chi connectivity index (χ4v) is 1.22. The normalized spacial score (nSPS) is 12.2. The first-order valence-corrected chi connectivity index (χ1v) is 5.77. The van der Waals surface area contributed by atoms with Crippen molar-refractivity contribution in [1.29, 1.82) is 0 Å². The van der Waals surface area contributed by atoms with Gasteiger partial charge in [-0.3, -0.25) is 4.79 Å². The summed E-state index contributed by atoms with van der Waals surface area (Å²) in [5, 5.41) is 2.83. The molecular formula is C12H24N2O2. The van der Waals surface area contributed by atoms with Crippen molar-refractivity contribution in [2.75, 3.05) is 26.3 Å². The Balaban J connectivity index is 3.45. The number of carbonyl (C=O) groups is 1. The Hall–Kier alpha value is -0.870. The van der Waals surface area contributed by atoms with Gasteiger partial charge in [0, 0.05) is 12.5 Å². The van der Waals surface area contributed by atoms with Crippen LogP contribution >= 0.6 is 0 Å². The second kappa shape index (κ2) is 9.36. The Kier molecular flexibility index (Phi) is 8.85. The molecule has 0 saturated carbocycles. The molecule has 0 aliphatic carbocycles. The van der Waals surface area contributed by atoms with Crippen LogP contribution in [0.3, 0.4) is 0 Å². The summed E-state index contributed by atoms with van der Waals surface area (Å²) in [5.41, 5.74) is 6.37. The van der Waals surface area contributed by atoms with Crippen molar-refractivity contribution in [2.24, 2.45) is 11.7 Å². The van der Waals surface area contributed by atoms with Crippen molar-refractivity contribution in [3.05, 3.63) is 12.2 Å². The molecule has 4 heteroatoms. The third-order valence-electron chi connectivity index (χ3n) is 2.18. The Morgan fingerprint density at radius 1 is 1.56 bits per heavy atom. The minimum Gasteiger partial charge on any atom is -0.375 e. The summed E-state index contributed by atoms with van der Waals surface area (Å²) < 4.78 is 5.27. The van der Waals surface area contributed by atoms with E-state index in [0.717, 1.165) is 18.4 Å². The fraction of sp³-hybridized carbons (Fsp3) is 0.750. The minimum absolute atomic E-state index is 0.0321. The number of hydrogen-bond donors (Lipinski definition) is 2. The predicted octanol–water partition coefficient (Wildman–Crippen LogP) is 1.07. The maximum absolute atomic E-state index is 11.5. The lowest BCUT2D eigenvalue weighted by Gasteiger charge is -2.11. The van der Waals surface area contributed by atoms with Crippen molar-refractivity contribution in [3.63, 3.8) is 0 Å². The number of ether oxygens (including phenoxy) is 1. The molecule has 94 valence electrons. The van der Waals surface area contributed by atoms with Crippen LogP contribution in [-0.2, 0) is 9.53 Å². The van der Waals surface area contributed by atoms with Crippen molar-refractivity contribution < 1.29 is 9.53 Å². The highest BCUT2D eigenvalue weighted by atomic mass is 16.5. The molecule has 1 unspecified atom stereocenters. The van der Waals surface area contributed by atoms with Crippen LogP contribution in [0.15, 0.2) is 12.2 Å². The molecule has 0 bridgehead atoms. The van der Waals surface area contributed by atoms with Gasteiger partial charge < -0.3 is 15.8 Å². The zero-order chi connectivity index (χ0) is 12.4. The standard InChI is InChI=1S/C12H24N2O2/c1-10(2)9-16-8-7-14-12(15)11(3)5-4-6-13/h11H,1,4-9,13H2,2-3H3,(H,14,15). The molecule has 0 heterocycles. The number of nitrogens with two attached hydrogens (primary N) is 1. The smallest absolute Gasteiger partial charge is 0.222 e. The molecule has 0 aromatic rings. The van der Waals surface area contributed by atoms with E-state index < -0.39 is 0 Å². The average Bonchev–Trinajstić information content (AvgIpc) is 2.24. The Morgan fingerprint density at radius 2 is 2.25 bits per heavy atom. The van der Waals surface area contributed by atoms with Crippen LogP contribution in [0.2, 0.25) is 0 Å². The molecule has 0 aromatic heterocycles. The minimum atomic E-state index is 0.0321. The zero-order valence-corrected chi connectivity index (χ0v) is 10.4. The summed E-state index contributed by atoms with van der Waals surface area (Å²) >= 11 is 0. The van der Waals surface area contributed by atoms with E-state index >= 15 is 0 Å². The van der Waals surface area contributed by atoms with Crippen LogP contribution in [0, 0.1) is 5.92 Å². The molecule has 4 nitrogen and oxygen atoms in total. The van der Waals surface area contributed by atoms with Crippen LogP contribution in [-0.4, -0.2) is 32.2 Å². The van der Waals surface area contributed by atoms with Crippen LogP contribution in [0.5, 0.6) is 0 Å². The van der Waals surface area contributed by atoms with Gasteiger partial charge in [-0.15, -0.1) is 0 Å². The predicted molar refractivity (Wildman–Crippen MR) is 66.1 cm³/mol. The molecule has 0 aromatic carbocycles. The maximum atomic E-state index is 11.5. The molecule has 0 aliphatic rings. The second-order valence-corrected chi connectivity index (χ2v) is 4.13. The second-order valence-electron chi connectivity index (χ2n) is 4.13. The van der Waals surface area contributed by atoms with Gasteiger partial charge in [0.25, 0.3) is 0 Å². The zero-order valence-electron chi connectivity index (χ0n) is 10.4. The first kappa shape index (κ1) is 15.1. The molecule has 0 fully saturated rings. The Labute approximate surface area is 98.2 Å². The summed E-state index contributed by atoms with van der Waals surface area (Å²) in [6.45, 7) is 9.83. The van der Waals surface area contributed by atoms with Crippen molar-refractivity contribution in [1.82, 2.24) is 5.32 Å². The van der Waals surface area contributed by atoms with E-state index in [1.54, 1.807) is 0 Å². The highest BCUT2D eigenvalue weighted by Crippen LogP contribution is 2.03. The molecule has 1 amide bonds. The third kappa shape index (κ3) is 8.44. The SMILES string of the molecule is C=C(C)COCCNC(=O)C(C)CCCN. The molecule has 0 radical (unpaired) electrons. The first-order valence-electron chi connectivity index (χ1n) is 5.77. The number of nitrogens with one attached hydrogen (secondary N) is 1. The molecule has 16 heavy (non-hydrogen) atoms. The highest BCUT2D eigenvalue weighted by Gasteiger charge is 2.10. The van der Waals surface area contributed by atoms with Gasteiger partial charge in [0.1, 0.15) is 0 Å². The summed E-state index contributed by atoms with van der Waals surface area (Å²) in [4.78, 5) is 11.5. The van der Waals surface area contributed by atoms with E-state index in [9.17, 15) is 4.79 Å². The van der Waals surface area contributed by atoms with Crippen molar-refractivity contribution in [2.45, 2.75) is 26.7 Å². The topological polar surface area (TPSA) is 64.3 Å². The maximum Gasteiger partial charge on any atom is 0.222 e. The number of amides is 1. The van der Waals surface area contributed by atoms with Crippen LogP contribution < -0.4 is 11.1 Å². The van der Waals surface area contributed by atoms with E-state index in [4.69, 9.17) is 10.5 Å². The van der Waals surface area contributed by atoms with Gasteiger partial charge in [0.05, 0.1) is 13.2 Å². The van der Waals surface area contributed by atoms with Crippen LogP contribution in [0.25, 0.3) is 0 Å². The van der Waals surface area contributed by atoms with Gasteiger partial charge in [-0.2, -0.15) is 0 Å². The molecule has 0 spiro atoms. The monoisotopic (exact) mass is 228 g/mol. The van der Waals surface area contributed by atoms with Gasteiger partial charge >= 0.3 is 0 Å². The molecular weight excluding hydrogens is 204 g/mol. The van der Waals surface area contributed by atoms with Gasteiger partial charge in [-0.25, -0.2) is 0 Å². The van der Waals surface area contributed by atoms with E-state index in [2.05, 4.69) is 11.9 Å². The lowest BCUT2D eigenvalue weighted by Crippen LogP contribution is -2.32. The first-order chi connectivity index (χ1) is 7.57. The fourth-order valence-electron chi connectivity index (χ4n) is 1.22. The van der Waals surface area contributed by atoms with E-state index in [1.165, 1.54) is 0 Å². The number of rotatable bonds is 9. The number of hydrogen-bond acceptors (Lipinski definition) is 3. The van der Waals surface area contributed by atoms with Crippen molar-refractivity contribution >= 4 is 5.91 Å². The average molecular weight is 228 g/mol. The van der Waals surface area contributed by atoms with E-state index in [1.807, 2.05) is 13.8 Å². The number of carbonyl (C=O) groups excluding carboxylic acids is 1. The van der Waals surface area contributed by atoms with Gasteiger partial charge in [0.15, 0.2) is 0 Å². The highest BCUT2D eigenvalue weighted by molar-refractivity contribution is 5.78. The third-order valence-corrected chi connectivity index (χ3v) is 2.18. The summed E-state index contributed by atoms with van der Waals surface area (Å²) in [6, 6.07) is 0. The summed E-state index contributed by atoms with van der Waals surface area (Å²) in [7, 11) is 0. The van der Waals surface area contributed by atoms with Crippen LogP contribution in [0.4, 0.5) is 0 Å². The molecule has 1 atom stereocenters. The van der Waals surface area contributed by atoms with Crippen molar-refractivity contribution in [3.8, 4) is 0 Å². The Morgan fingerprint density at radius 3 is 2.81 bits per heavy atom. The molecule has 3 N–H and O–H groups in total. The summed E-state index contributed by atoms with van der Waals surface area (Å²) in [5.74, 6) is 0.108. The molecule has 0 aliphatic heterocycles. The quantitative estimate of drug-likeness (QED) is 0.458. The van der Waals surface area contributed by atoms with Gasteiger partial charge in [0.2, 0.25) is 5.91 Å². The molecule has 0 saturated heterocycles. The van der Waals surface area contributed by atoms with Gasteiger partial charge in [-0.05, 0) is 26.3 Å².